The molecule has 0 amide bonds. The summed E-state index contributed by atoms with van der Waals surface area (Å²) < 4.78 is 15.0. The molecule has 0 heterocycles. The Balaban J connectivity index is 4.19. The highest BCUT2D eigenvalue weighted by atomic mass is 16.5. The maximum Gasteiger partial charge on any atom is 0.322 e. The van der Waals surface area contributed by atoms with Gasteiger partial charge in [0, 0.05) is 40.5 Å². The number of carbonyl (C=O) groups is 1. The molecule has 0 aromatic heterocycles. The number of methoxy groups -OCH3 is 3. The van der Waals surface area contributed by atoms with Crippen LogP contribution in [0.1, 0.15) is 19.8 Å². The zero-order valence-corrected chi connectivity index (χ0v) is 13.3. The van der Waals surface area contributed by atoms with Gasteiger partial charge in [-0.2, -0.15) is 0 Å². The molecule has 0 spiro atoms. The molecule has 120 valence electrons. The number of ether oxygens (including phenoxy) is 3. The zero-order chi connectivity index (χ0) is 15.2. The maximum absolute atomic E-state index is 11.6. The number of rotatable bonds is 13. The zero-order valence-electron chi connectivity index (χ0n) is 13.3. The standard InChI is InChI=1S/C14H30N2O4/c1-5-15-13(14(17)20-4)7-9-16(10-12-19-3)8-6-11-18-2/h13,15H,5-12H2,1-4H3. The lowest BCUT2D eigenvalue weighted by Crippen LogP contribution is -2.41. The highest BCUT2D eigenvalue weighted by molar-refractivity contribution is 5.75. The molecule has 1 unspecified atom stereocenters. The van der Waals surface area contributed by atoms with Crippen LogP contribution < -0.4 is 5.32 Å². The molecule has 0 saturated carbocycles. The monoisotopic (exact) mass is 290 g/mol. The number of nitrogens with zero attached hydrogens (tertiary/aromatic N) is 1. The van der Waals surface area contributed by atoms with Crippen LogP contribution in [0, 0.1) is 0 Å². The Labute approximate surface area is 122 Å². The third-order valence-electron chi connectivity index (χ3n) is 3.10. The maximum atomic E-state index is 11.6. The first-order valence-corrected chi connectivity index (χ1v) is 7.21. The van der Waals surface area contributed by atoms with Crippen molar-refractivity contribution >= 4 is 5.97 Å². The number of hydrogen-bond acceptors (Lipinski definition) is 6. The fourth-order valence-electron chi connectivity index (χ4n) is 1.99. The van der Waals surface area contributed by atoms with Gasteiger partial charge in [0.15, 0.2) is 0 Å². The summed E-state index contributed by atoms with van der Waals surface area (Å²) in [6, 6.07) is -0.238. The largest absolute Gasteiger partial charge is 0.468 e. The topological polar surface area (TPSA) is 60.0 Å². The molecule has 0 aromatic rings. The van der Waals surface area contributed by atoms with Crippen molar-refractivity contribution in [3.05, 3.63) is 0 Å². The van der Waals surface area contributed by atoms with Gasteiger partial charge < -0.3 is 24.4 Å². The van der Waals surface area contributed by atoms with Gasteiger partial charge in [0.1, 0.15) is 6.04 Å². The highest BCUT2D eigenvalue weighted by Gasteiger charge is 2.18. The second kappa shape index (κ2) is 13.3. The molecule has 0 aliphatic carbocycles. The minimum Gasteiger partial charge on any atom is -0.468 e. The lowest BCUT2D eigenvalue weighted by atomic mass is 10.2. The van der Waals surface area contributed by atoms with Gasteiger partial charge in [-0.25, -0.2) is 0 Å². The van der Waals surface area contributed by atoms with Crippen molar-refractivity contribution in [3.63, 3.8) is 0 Å². The van der Waals surface area contributed by atoms with Crippen molar-refractivity contribution in [1.82, 2.24) is 10.2 Å². The molecule has 0 bridgehead atoms. The summed E-state index contributed by atoms with van der Waals surface area (Å²) in [4.78, 5) is 13.9. The summed E-state index contributed by atoms with van der Waals surface area (Å²) in [5.41, 5.74) is 0. The van der Waals surface area contributed by atoms with Crippen LogP contribution in [0.3, 0.4) is 0 Å². The smallest absolute Gasteiger partial charge is 0.322 e. The number of likely N-dealkylation sites (N-methyl/N-ethyl adjacent to an activating group) is 1. The van der Waals surface area contributed by atoms with E-state index in [1.165, 1.54) is 7.11 Å². The first-order valence-electron chi connectivity index (χ1n) is 7.21. The molecular formula is C14H30N2O4. The first kappa shape index (κ1) is 19.3. The van der Waals surface area contributed by atoms with Crippen molar-refractivity contribution in [2.24, 2.45) is 0 Å². The average Bonchev–Trinajstić information content (AvgIpc) is 2.47. The van der Waals surface area contributed by atoms with Crippen molar-refractivity contribution in [2.75, 3.05) is 60.7 Å². The van der Waals surface area contributed by atoms with E-state index in [2.05, 4.69) is 10.2 Å². The Hall–Kier alpha value is -0.690. The Morgan fingerprint density at radius 1 is 1.10 bits per heavy atom. The Bertz CT molecular complexity index is 239. The average molecular weight is 290 g/mol. The quantitative estimate of drug-likeness (QED) is 0.394. The van der Waals surface area contributed by atoms with Crippen molar-refractivity contribution in [2.45, 2.75) is 25.8 Å². The Morgan fingerprint density at radius 2 is 1.80 bits per heavy atom. The van der Waals surface area contributed by atoms with Crippen LogP contribution >= 0.6 is 0 Å². The summed E-state index contributed by atoms with van der Waals surface area (Å²) in [5, 5.41) is 3.15. The van der Waals surface area contributed by atoms with Gasteiger partial charge in [-0.3, -0.25) is 4.79 Å². The SMILES string of the molecule is CCNC(CCN(CCCOC)CCOC)C(=O)OC. The molecule has 20 heavy (non-hydrogen) atoms. The highest BCUT2D eigenvalue weighted by Crippen LogP contribution is 2.01. The van der Waals surface area contributed by atoms with E-state index in [0.29, 0.717) is 6.61 Å². The number of carbonyl (C=O) groups excluding carboxylic acids is 1. The minimum atomic E-state index is -0.238. The molecule has 0 aliphatic heterocycles. The fraction of sp³-hybridized carbons (Fsp3) is 0.929. The third-order valence-corrected chi connectivity index (χ3v) is 3.10. The van der Waals surface area contributed by atoms with E-state index in [9.17, 15) is 4.79 Å². The van der Waals surface area contributed by atoms with Crippen LogP contribution in [-0.2, 0) is 19.0 Å². The normalized spacial score (nSPS) is 12.7. The number of hydrogen-bond donors (Lipinski definition) is 1. The van der Waals surface area contributed by atoms with E-state index in [-0.39, 0.29) is 12.0 Å². The van der Waals surface area contributed by atoms with Crippen LogP contribution in [0.25, 0.3) is 0 Å². The van der Waals surface area contributed by atoms with Gasteiger partial charge in [0.25, 0.3) is 0 Å². The Morgan fingerprint density at radius 3 is 2.35 bits per heavy atom. The van der Waals surface area contributed by atoms with Crippen LogP contribution in [-0.4, -0.2) is 77.6 Å². The van der Waals surface area contributed by atoms with E-state index >= 15 is 0 Å². The van der Waals surface area contributed by atoms with Crippen LogP contribution in [0.5, 0.6) is 0 Å². The van der Waals surface area contributed by atoms with Gasteiger partial charge in [0.05, 0.1) is 13.7 Å². The molecule has 0 fully saturated rings. The molecular weight excluding hydrogens is 260 g/mol. The van der Waals surface area contributed by atoms with Gasteiger partial charge in [-0.1, -0.05) is 6.92 Å². The van der Waals surface area contributed by atoms with Gasteiger partial charge in [-0.05, 0) is 19.4 Å². The molecule has 0 saturated heterocycles. The van der Waals surface area contributed by atoms with E-state index < -0.39 is 0 Å². The number of nitrogens with one attached hydrogen (secondary N) is 1. The summed E-state index contributed by atoms with van der Waals surface area (Å²) >= 11 is 0. The van der Waals surface area contributed by atoms with Crippen LogP contribution in [0.15, 0.2) is 0 Å². The molecule has 6 nitrogen and oxygen atoms in total. The molecule has 0 aromatic carbocycles. The lowest BCUT2D eigenvalue weighted by molar-refractivity contribution is -0.143. The molecule has 0 radical (unpaired) electrons. The summed E-state index contributed by atoms with van der Waals surface area (Å²) in [7, 11) is 4.83. The van der Waals surface area contributed by atoms with Crippen LogP contribution in [0.2, 0.25) is 0 Å². The van der Waals surface area contributed by atoms with E-state index in [0.717, 1.165) is 45.6 Å². The van der Waals surface area contributed by atoms with Crippen LogP contribution in [0.4, 0.5) is 0 Å². The van der Waals surface area contributed by atoms with Gasteiger partial charge in [-0.15, -0.1) is 0 Å². The molecule has 6 heteroatoms. The molecule has 0 aliphatic rings. The molecule has 1 atom stereocenters. The minimum absolute atomic E-state index is 0.199. The third kappa shape index (κ3) is 9.25. The van der Waals surface area contributed by atoms with Gasteiger partial charge >= 0.3 is 5.97 Å². The summed E-state index contributed by atoms with van der Waals surface area (Å²) in [5.74, 6) is -0.199. The predicted molar refractivity (Wildman–Crippen MR) is 78.9 cm³/mol. The number of esters is 1. The summed E-state index contributed by atoms with van der Waals surface area (Å²) in [6.45, 7) is 6.81. The fourth-order valence-corrected chi connectivity index (χ4v) is 1.99. The second-order valence-corrected chi connectivity index (χ2v) is 4.60. The molecule has 0 rings (SSSR count). The molecule has 1 N–H and O–H groups in total. The lowest BCUT2D eigenvalue weighted by Gasteiger charge is -2.24. The second-order valence-electron chi connectivity index (χ2n) is 4.60. The first-order chi connectivity index (χ1) is 9.69. The Kier molecular flexibility index (Phi) is 12.8. The van der Waals surface area contributed by atoms with Gasteiger partial charge in [0.2, 0.25) is 0 Å². The van der Waals surface area contributed by atoms with Crippen molar-refractivity contribution in [1.29, 1.82) is 0 Å². The van der Waals surface area contributed by atoms with E-state index in [4.69, 9.17) is 14.2 Å². The summed E-state index contributed by atoms with van der Waals surface area (Å²) in [6.07, 6.45) is 1.71. The predicted octanol–water partition coefficient (Wildman–Crippen LogP) is 0.513. The van der Waals surface area contributed by atoms with Crippen molar-refractivity contribution < 1.29 is 19.0 Å². The van der Waals surface area contributed by atoms with E-state index in [1.54, 1.807) is 14.2 Å². The van der Waals surface area contributed by atoms with Crippen molar-refractivity contribution in [3.8, 4) is 0 Å². The van der Waals surface area contributed by atoms with E-state index in [1.807, 2.05) is 6.92 Å².